The molecule has 2 aromatic carbocycles. The second kappa shape index (κ2) is 11.8. The van der Waals surface area contributed by atoms with E-state index in [2.05, 4.69) is 61.4 Å². The lowest BCUT2D eigenvalue weighted by atomic mass is 10.1. The van der Waals surface area contributed by atoms with E-state index in [1.165, 1.54) is 11.8 Å². The van der Waals surface area contributed by atoms with Gasteiger partial charge in [0, 0.05) is 55.0 Å². The number of anilines is 6. The lowest BCUT2D eigenvalue weighted by Gasteiger charge is -2.46. The van der Waals surface area contributed by atoms with Gasteiger partial charge in [-0.25, -0.2) is 4.98 Å². The number of hydrogen-bond acceptors (Lipinski definition) is 9. The SMILES string of the molecule is C=CC(=O)N(CC)c1cccc(Nc2nc3c(c(Nc4ccc(N5CCN(C6COC6)C[C@@H]5C)cc4)n2)C(=O)NC3)c1. The summed E-state index contributed by atoms with van der Waals surface area (Å²) in [7, 11) is 0. The van der Waals surface area contributed by atoms with Gasteiger partial charge < -0.3 is 30.5 Å². The topological polar surface area (TPSA) is 115 Å². The van der Waals surface area contributed by atoms with Crippen LogP contribution < -0.4 is 25.8 Å². The molecule has 0 spiro atoms. The molecule has 3 N–H and O–H groups in total. The first-order chi connectivity index (χ1) is 20.4. The molecular formula is C31H36N8O3. The molecule has 0 aliphatic carbocycles. The van der Waals surface area contributed by atoms with Crippen molar-refractivity contribution < 1.29 is 14.3 Å². The number of aromatic nitrogens is 2. The maximum Gasteiger partial charge on any atom is 0.257 e. The predicted octanol–water partition coefficient (Wildman–Crippen LogP) is 3.66. The molecule has 6 rings (SSSR count). The Morgan fingerprint density at radius 1 is 1.14 bits per heavy atom. The zero-order chi connectivity index (χ0) is 29.2. The molecule has 1 aromatic heterocycles. The molecule has 3 aliphatic heterocycles. The van der Waals surface area contributed by atoms with Crippen molar-refractivity contribution in [2.75, 3.05) is 59.8 Å². The average Bonchev–Trinajstić information content (AvgIpc) is 3.34. The van der Waals surface area contributed by atoms with Crippen LogP contribution in [-0.2, 0) is 16.1 Å². The van der Waals surface area contributed by atoms with Crippen LogP contribution in [0.5, 0.6) is 0 Å². The number of benzene rings is 2. The average molecular weight is 569 g/mol. The van der Waals surface area contributed by atoms with Crippen LogP contribution in [0.1, 0.15) is 29.9 Å². The Morgan fingerprint density at radius 3 is 2.64 bits per heavy atom. The first kappa shape index (κ1) is 27.7. The predicted molar refractivity (Wildman–Crippen MR) is 164 cm³/mol. The molecule has 218 valence electrons. The summed E-state index contributed by atoms with van der Waals surface area (Å²) >= 11 is 0. The van der Waals surface area contributed by atoms with Crippen molar-refractivity contribution in [3.8, 4) is 0 Å². The molecule has 0 unspecified atom stereocenters. The molecule has 11 nitrogen and oxygen atoms in total. The summed E-state index contributed by atoms with van der Waals surface area (Å²) in [6.45, 7) is 13.3. The molecular weight excluding hydrogens is 532 g/mol. The number of ether oxygens (including phenoxy) is 1. The van der Waals surface area contributed by atoms with E-state index in [1.807, 2.05) is 43.3 Å². The van der Waals surface area contributed by atoms with Crippen molar-refractivity contribution >= 4 is 46.3 Å². The summed E-state index contributed by atoms with van der Waals surface area (Å²) in [5.74, 6) is 0.403. The zero-order valence-corrected chi connectivity index (χ0v) is 24.0. The molecule has 2 fully saturated rings. The molecule has 11 heteroatoms. The molecule has 3 aromatic rings. The molecule has 2 amide bonds. The highest BCUT2D eigenvalue weighted by Crippen LogP contribution is 2.30. The Morgan fingerprint density at radius 2 is 1.95 bits per heavy atom. The van der Waals surface area contributed by atoms with Crippen LogP contribution in [0.3, 0.4) is 0 Å². The Balaban J connectivity index is 1.19. The quantitative estimate of drug-likeness (QED) is 0.333. The van der Waals surface area contributed by atoms with Crippen LogP contribution in [0.2, 0.25) is 0 Å². The van der Waals surface area contributed by atoms with Gasteiger partial charge in [0.15, 0.2) is 0 Å². The molecule has 1 atom stereocenters. The summed E-state index contributed by atoms with van der Waals surface area (Å²) in [4.78, 5) is 40.8. The Bertz CT molecular complexity index is 1490. The second-order valence-corrected chi connectivity index (χ2v) is 10.8. The number of fused-ring (bicyclic) bond motifs is 1. The van der Waals surface area contributed by atoms with Gasteiger partial charge in [-0.15, -0.1) is 0 Å². The summed E-state index contributed by atoms with van der Waals surface area (Å²) in [6.07, 6.45) is 1.30. The first-order valence-corrected chi connectivity index (χ1v) is 14.4. The van der Waals surface area contributed by atoms with Crippen LogP contribution in [0.25, 0.3) is 0 Å². The number of nitrogens with one attached hydrogen (secondary N) is 3. The fraction of sp³-hybridized carbons (Fsp3) is 0.355. The standard InChI is InChI=1S/C31H36N8O3/c1-4-27(40)38(5-2)24-8-6-7-22(15-24)34-31-35-26-16-32-30(41)28(26)29(36-31)33-21-9-11-23(12-10-21)39-14-13-37(17-20(39)3)25-18-42-19-25/h4,6-12,15,20,25H,1,5,13-14,16-19H2,2-3H3,(H,32,41)(H2,33,34,35,36)/t20-/m0/s1. The highest BCUT2D eigenvalue weighted by molar-refractivity contribution is 6.03. The molecule has 0 radical (unpaired) electrons. The minimum atomic E-state index is -0.206. The number of amides is 2. The molecule has 4 heterocycles. The number of piperazine rings is 1. The number of hydrogen-bond donors (Lipinski definition) is 3. The summed E-state index contributed by atoms with van der Waals surface area (Å²) in [5.41, 5.74) is 4.50. The molecule has 42 heavy (non-hydrogen) atoms. The van der Waals surface area contributed by atoms with Gasteiger partial charge in [0.1, 0.15) is 11.4 Å². The van der Waals surface area contributed by atoms with Gasteiger partial charge in [-0.05, 0) is 62.4 Å². The van der Waals surface area contributed by atoms with Crippen molar-refractivity contribution in [3.05, 3.63) is 72.4 Å². The molecule has 0 bridgehead atoms. The van der Waals surface area contributed by atoms with Gasteiger partial charge in [-0.3, -0.25) is 14.5 Å². The van der Waals surface area contributed by atoms with Gasteiger partial charge in [0.05, 0.1) is 31.5 Å². The van der Waals surface area contributed by atoms with Crippen molar-refractivity contribution in [2.45, 2.75) is 32.5 Å². The Hall–Kier alpha value is -4.48. The lowest BCUT2D eigenvalue weighted by Crippen LogP contribution is -2.59. The fourth-order valence-electron chi connectivity index (χ4n) is 5.74. The third-order valence-electron chi connectivity index (χ3n) is 8.06. The van der Waals surface area contributed by atoms with E-state index in [0.29, 0.717) is 48.2 Å². The third-order valence-corrected chi connectivity index (χ3v) is 8.06. The number of rotatable bonds is 9. The number of carbonyl (C=O) groups excluding carboxylic acids is 2. The smallest absolute Gasteiger partial charge is 0.257 e. The maximum absolute atomic E-state index is 12.7. The minimum absolute atomic E-state index is 0.175. The van der Waals surface area contributed by atoms with Crippen molar-refractivity contribution in [3.63, 3.8) is 0 Å². The first-order valence-electron chi connectivity index (χ1n) is 14.4. The number of carbonyl (C=O) groups is 2. The summed E-state index contributed by atoms with van der Waals surface area (Å²) < 4.78 is 5.38. The highest BCUT2D eigenvalue weighted by Gasteiger charge is 2.32. The molecule has 2 saturated heterocycles. The van der Waals surface area contributed by atoms with Gasteiger partial charge in [0.25, 0.3) is 5.91 Å². The third kappa shape index (κ3) is 5.53. The van der Waals surface area contributed by atoms with Crippen LogP contribution >= 0.6 is 0 Å². The zero-order valence-electron chi connectivity index (χ0n) is 24.0. The van der Waals surface area contributed by atoms with Crippen molar-refractivity contribution in [1.82, 2.24) is 20.2 Å². The fourth-order valence-corrected chi connectivity index (χ4v) is 5.74. The van der Waals surface area contributed by atoms with Gasteiger partial charge in [-0.1, -0.05) is 12.6 Å². The Labute approximate surface area is 245 Å². The van der Waals surface area contributed by atoms with Crippen molar-refractivity contribution in [1.29, 1.82) is 0 Å². The largest absolute Gasteiger partial charge is 0.378 e. The van der Waals surface area contributed by atoms with E-state index < -0.39 is 0 Å². The molecule has 3 aliphatic rings. The van der Waals surface area contributed by atoms with E-state index in [-0.39, 0.29) is 11.8 Å². The van der Waals surface area contributed by atoms with E-state index in [1.54, 1.807) is 4.90 Å². The van der Waals surface area contributed by atoms with Gasteiger partial charge in [-0.2, -0.15) is 4.98 Å². The van der Waals surface area contributed by atoms with E-state index >= 15 is 0 Å². The van der Waals surface area contributed by atoms with Gasteiger partial charge in [0.2, 0.25) is 11.9 Å². The minimum Gasteiger partial charge on any atom is -0.378 e. The number of likely N-dealkylation sites (N-methyl/N-ethyl adjacent to an activating group) is 1. The van der Waals surface area contributed by atoms with E-state index in [4.69, 9.17) is 4.74 Å². The van der Waals surface area contributed by atoms with Crippen LogP contribution in [0.15, 0.2) is 61.2 Å². The lowest BCUT2D eigenvalue weighted by molar-refractivity contribution is -0.114. The summed E-state index contributed by atoms with van der Waals surface area (Å²) in [5, 5.41) is 9.44. The monoisotopic (exact) mass is 568 g/mol. The van der Waals surface area contributed by atoms with E-state index in [0.717, 1.165) is 49.9 Å². The van der Waals surface area contributed by atoms with Crippen molar-refractivity contribution in [2.24, 2.45) is 0 Å². The van der Waals surface area contributed by atoms with Gasteiger partial charge >= 0.3 is 0 Å². The highest BCUT2D eigenvalue weighted by atomic mass is 16.5. The molecule has 0 saturated carbocycles. The second-order valence-electron chi connectivity index (χ2n) is 10.8. The number of nitrogens with zero attached hydrogens (tertiary/aromatic N) is 5. The summed E-state index contributed by atoms with van der Waals surface area (Å²) in [6, 6.07) is 16.7. The van der Waals surface area contributed by atoms with Crippen LogP contribution in [0.4, 0.5) is 34.5 Å². The van der Waals surface area contributed by atoms with E-state index in [9.17, 15) is 9.59 Å². The Kier molecular flexibility index (Phi) is 7.77. The van der Waals surface area contributed by atoms with Crippen LogP contribution in [0, 0.1) is 0 Å². The maximum atomic E-state index is 12.7. The normalized spacial score (nSPS) is 18.6. The van der Waals surface area contributed by atoms with Crippen LogP contribution in [-0.4, -0.2) is 78.2 Å².